The Labute approximate surface area is 205 Å². The maximum atomic E-state index is 13.4. The van der Waals surface area contributed by atoms with Crippen molar-refractivity contribution in [3.63, 3.8) is 0 Å². The predicted molar refractivity (Wildman–Crippen MR) is 140 cm³/mol. The number of thiazole rings is 1. The molecule has 1 saturated carbocycles. The Morgan fingerprint density at radius 3 is 2.68 bits per heavy atom. The number of amides is 1. The number of para-hydroxylation sites is 1. The monoisotopic (exact) mass is 480 g/mol. The first-order chi connectivity index (χ1) is 16.7. The Morgan fingerprint density at radius 2 is 1.94 bits per heavy atom. The molecule has 2 aliphatic heterocycles. The van der Waals surface area contributed by atoms with Gasteiger partial charge in [-0.2, -0.15) is 4.99 Å². The van der Waals surface area contributed by atoms with Gasteiger partial charge in [-0.15, -0.1) is 11.3 Å². The maximum absolute atomic E-state index is 13.4. The number of likely N-dealkylation sites (tertiary alicyclic amines) is 1. The second kappa shape index (κ2) is 11.0. The minimum Gasteiger partial charge on any atom is -0.387 e. The van der Waals surface area contributed by atoms with Gasteiger partial charge < -0.3 is 21.3 Å². The number of aliphatic imine (C=N–C) groups is 1. The first kappa shape index (κ1) is 23.5. The number of fused-ring (bicyclic) bond motifs is 1. The fourth-order valence-electron chi connectivity index (χ4n) is 5.50. The van der Waals surface area contributed by atoms with Crippen LogP contribution in [0.4, 0.5) is 0 Å². The number of carbonyl (C=O) groups excluding carboxylic acids is 1. The number of nitrogens with one attached hydrogen (secondary N) is 2. The van der Waals surface area contributed by atoms with Crippen molar-refractivity contribution in [3.8, 4) is 0 Å². The lowest BCUT2D eigenvalue weighted by molar-refractivity contribution is -0.112. The second-order valence-corrected chi connectivity index (χ2v) is 10.9. The van der Waals surface area contributed by atoms with Gasteiger partial charge >= 0.3 is 0 Å². The van der Waals surface area contributed by atoms with Crippen LogP contribution < -0.4 is 16.4 Å². The molecule has 7 nitrogen and oxygen atoms in total. The highest BCUT2D eigenvalue weighted by Crippen LogP contribution is 2.30. The summed E-state index contributed by atoms with van der Waals surface area (Å²) in [6, 6.07) is 9.02. The second-order valence-electron chi connectivity index (χ2n) is 9.85. The molecule has 8 heteroatoms. The number of hydrogen-bond acceptors (Lipinski definition) is 6. The number of piperidine rings is 2. The van der Waals surface area contributed by atoms with Crippen molar-refractivity contribution >= 4 is 38.9 Å². The smallest absolute Gasteiger partial charge is 0.283 e. The molecule has 3 aliphatic rings. The first-order valence-electron chi connectivity index (χ1n) is 12.8. The molecule has 5 rings (SSSR count). The van der Waals surface area contributed by atoms with Gasteiger partial charge in [-0.1, -0.05) is 25.0 Å². The summed E-state index contributed by atoms with van der Waals surface area (Å²) in [7, 11) is 0. The van der Waals surface area contributed by atoms with Crippen molar-refractivity contribution in [2.45, 2.75) is 63.5 Å². The van der Waals surface area contributed by atoms with Crippen LogP contribution in [0.1, 0.15) is 56.4 Å². The zero-order valence-electron chi connectivity index (χ0n) is 19.8. The third-order valence-electron chi connectivity index (χ3n) is 7.53. The molecule has 1 atom stereocenters. The number of benzene rings is 1. The number of aromatic nitrogens is 1. The average molecular weight is 481 g/mol. The SMILES string of the molecule is NC(=NC(=O)/C(=C/NC1CCCNC1)c1nc2ccccc2s1)C1CCN(C2CCCC2)CC1. The average Bonchev–Trinajstić information content (AvgIpc) is 3.55. The molecule has 3 fully saturated rings. The van der Waals surface area contributed by atoms with Crippen molar-refractivity contribution in [2.24, 2.45) is 16.6 Å². The summed E-state index contributed by atoms with van der Waals surface area (Å²) in [6.45, 7) is 4.04. The van der Waals surface area contributed by atoms with E-state index in [0.717, 1.165) is 68.1 Å². The van der Waals surface area contributed by atoms with Crippen molar-refractivity contribution in [1.29, 1.82) is 0 Å². The molecule has 1 aromatic carbocycles. The van der Waals surface area contributed by atoms with Gasteiger partial charge in [0.1, 0.15) is 10.8 Å². The van der Waals surface area contributed by atoms with Crippen LogP contribution in [0.2, 0.25) is 0 Å². The Balaban J connectivity index is 1.31. The van der Waals surface area contributed by atoms with Crippen molar-refractivity contribution < 1.29 is 4.79 Å². The van der Waals surface area contributed by atoms with Crippen molar-refractivity contribution in [3.05, 3.63) is 35.5 Å². The van der Waals surface area contributed by atoms with E-state index in [1.165, 1.54) is 37.0 Å². The molecule has 4 N–H and O–H groups in total. The van der Waals surface area contributed by atoms with Crippen LogP contribution in [0.3, 0.4) is 0 Å². The van der Waals surface area contributed by atoms with Crippen LogP contribution >= 0.6 is 11.3 Å². The third kappa shape index (κ3) is 5.50. The molecule has 3 heterocycles. The molecule has 1 unspecified atom stereocenters. The fourth-order valence-corrected chi connectivity index (χ4v) is 6.47. The topological polar surface area (TPSA) is 95.6 Å². The minimum atomic E-state index is -0.300. The van der Waals surface area contributed by atoms with E-state index in [-0.39, 0.29) is 11.8 Å². The highest BCUT2D eigenvalue weighted by Gasteiger charge is 2.29. The predicted octanol–water partition coefficient (Wildman–Crippen LogP) is 3.52. The zero-order valence-corrected chi connectivity index (χ0v) is 20.7. The number of carbonyl (C=O) groups is 1. The summed E-state index contributed by atoms with van der Waals surface area (Å²) in [5.41, 5.74) is 7.81. The number of nitrogens with two attached hydrogens (primary N) is 1. The van der Waals surface area contributed by atoms with Crippen LogP contribution in [0, 0.1) is 5.92 Å². The van der Waals surface area contributed by atoms with Crippen LogP contribution in [0.25, 0.3) is 15.8 Å². The Morgan fingerprint density at radius 1 is 1.15 bits per heavy atom. The van der Waals surface area contributed by atoms with E-state index in [1.807, 2.05) is 30.5 Å². The van der Waals surface area contributed by atoms with E-state index >= 15 is 0 Å². The summed E-state index contributed by atoms with van der Waals surface area (Å²) in [5, 5.41) is 7.54. The first-order valence-corrected chi connectivity index (χ1v) is 13.6. The number of hydrogen-bond donors (Lipinski definition) is 3. The largest absolute Gasteiger partial charge is 0.387 e. The van der Waals surface area contributed by atoms with Crippen LogP contribution in [0.15, 0.2) is 35.5 Å². The minimum absolute atomic E-state index is 0.175. The van der Waals surface area contributed by atoms with E-state index in [2.05, 4.69) is 20.5 Å². The van der Waals surface area contributed by atoms with Crippen LogP contribution in [0.5, 0.6) is 0 Å². The molecule has 2 aromatic rings. The molecule has 1 aromatic heterocycles. The fraction of sp³-hybridized carbons (Fsp3) is 0.577. The van der Waals surface area contributed by atoms with Crippen LogP contribution in [-0.4, -0.2) is 59.9 Å². The van der Waals surface area contributed by atoms with E-state index < -0.39 is 0 Å². The van der Waals surface area contributed by atoms with E-state index in [1.54, 1.807) is 0 Å². The molecular formula is C26H36N6OS. The van der Waals surface area contributed by atoms with Gasteiger partial charge in [0, 0.05) is 30.7 Å². The molecule has 1 aliphatic carbocycles. The van der Waals surface area contributed by atoms with Gasteiger partial charge in [-0.05, 0) is 70.3 Å². The Bertz CT molecular complexity index is 1010. The van der Waals surface area contributed by atoms with Crippen LogP contribution in [-0.2, 0) is 4.79 Å². The maximum Gasteiger partial charge on any atom is 0.283 e. The summed E-state index contributed by atoms with van der Waals surface area (Å²) in [5.74, 6) is 0.349. The summed E-state index contributed by atoms with van der Waals surface area (Å²) in [6.07, 6.45) is 11.3. The van der Waals surface area contributed by atoms with Crippen molar-refractivity contribution in [1.82, 2.24) is 20.5 Å². The van der Waals surface area contributed by atoms with E-state index in [0.29, 0.717) is 22.5 Å². The van der Waals surface area contributed by atoms with Gasteiger partial charge in [0.15, 0.2) is 0 Å². The molecule has 2 saturated heterocycles. The van der Waals surface area contributed by atoms with Gasteiger partial charge in [-0.25, -0.2) is 4.98 Å². The molecule has 0 radical (unpaired) electrons. The van der Waals surface area contributed by atoms with Crippen molar-refractivity contribution in [2.75, 3.05) is 26.2 Å². The van der Waals surface area contributed by atoms with Gasteiger partial charge in [0.05, 0.1) is 15.8 Å². The zero-order chi connectivity index (χ0) is 23.3. The Hall–Kier alpha value is -2.29. The molecule has 0 bridgehead atoms. The van der Waals surface area contributed by atoms with E-state index in [4.69, 9.17) is 10.7 Å². The van der Waals surface area contributed by atoms with Gasteiger partial charge in [0.25, 0.3) is 5.91 Å². The summed E-state index contributed by atoms with van der Waals surface area (Å²) in [4.78, 5) is 25.1. The lowest BCUT2D eigenvalue weighted by Crippen LogP contribution is -2.43. The number of rotatable bonds is 6. The third-order valence-corrected chi connectivity index (χ3v) is 8.60. The number of amidine groups is 1. The molecule has 0 spiro atoms. The van der Waals surface area contributed by atoms with E-state index in [9.17, 15) is 4.79 Å². The van der Waals surface area contributed by atoms with Gasteiger partial charge in [0.2, 0.25) is 0 Å². The molecular weight excluding hydrogens is 444 g/mol. The highest BCUT2D eigenvalue weighted by molar-refractivity contribution is 7.19. The standard InChI is InChI=1S/C26H36N6OS/c27-24(18-11-14-32(15-12-18)20-7-1-2-8-20)31-25(33)21(17-29-19-6-5-13-28-16-19)26-30-22-9-3-4-10-23(22)34-26/h3-4,9-10,17-20,28-29H,1-2,5-8,11-16H2,(H2,27,31,33)/b21-17-. The lowest BCUT2D eigenvalue weighted by Gasteiger charge is -2.35. The highest BCUT2D eigenvalue weighted by atomic mass is 32.1. The molecule has 1 amide bonds. The lowest BCUT2D eigenvalue weighted by atomic mass is 9.94. The number of nitrogens with zero attached hydrogens (tertiary/aromatic N) is 3. The molecule has 182 valence electrons. The summed E-state index contributed by atoms with van der Waals surface area (Å²) < 4.78 is 1.06. The normalized spacial score (nSPS) is 24.1. The van der Waals surface area contributed by atoms with Gasteiger partial charge in [-0.3, -0.25) is 4.79 Å². The Kier molecular flexibility index (Phi) is 7.57. The quantitative estimate of drug-likeness (QED) is 0.333. The summed E-state index contributed by atoms with van der Waals surface area (Å²) >= 11 is 1.52. The molecule has 34 heavy (non-hydrogen) atoms.